The van der Waals surface area contributed by atoms with Gasteiger partial charge in [-0.15, -0.1) is 0 Å². The molecule has 4 rings (SSSR count). The minimum Gasteiger partial charge on any atom is -0.348 e. The van der Waals surface area contributed by atoms with Crippen LogP contribution in [-0.2, 0) is 11.3 Å². The first-order chi connectivity index (χ1) is 13.1. The topological polar surface area (TPSA) is 45.6 Å². The van der Waals surface area contributed by atoms with Crippen LogP contribution in [-0.4, -0.2) is 40.9 Å². The number of fused-ring (bicyclic) bond motifs is 1. The van der Waals surface area contributed by atoms with Crippen LogP contribution in [0, 0.1) is 6.92 Å². The Morgan fingerprint density at radius 2 is 1.81 bits per heavy atom. The second kappa shape index (κ2) is 6.91. The summed E-state index contributed by atoms with van der Waals surface area (Å²) < 4.78 is 2.15. The molecule has 0 unspecified atom stereocenters. The molecule has 1 aromatic heterocycles. The van der Waals surface area contributed by atoms with E-state index in [9.17, 15) is 9.59 Å². The van der Waals surface area contributed by atoms with E-state index in [1.165, 1.54) is 0 Å². The van der Waals surface area contributed by atoms with Crippen molar-refractivity contribution in [2.45, 2.75) is 20.4 Å². The van der Waals surface area contributed by atoms with Gasteiger partial charge in [0.05, 0.1) is 0 Å². The Balaban J connectivity index is 1.50. The number of nitrogens with zero attached hydrogens (tertiary/aromatic N) is 3. The molecule has 138 valence electrons. The maximum Gasteiger partial charge on any atom is 0.254 e. The van der Waals surface area contributed by atoms with E-state index in [0.717, 1.165) is 28.7 Å². The summed E-state index contributed by atoms with van der Waals surface area (Å²) in [5, 5.41) is 1.05. The van der Waals surface area contributed by atoms with Gasteiger partial charge in [-0.1, -0.05) is 17.7 Å². The van der Waals surface area contributed by atoms with Crippen LogP contribution in [0.3, 0.4) is 0 Å². The fraction of sp³-hybridized carbons (Fsp3) is 0.273. The van der Waals surface area contributed by atoms with Gasteiger partial charge in [0.1, 0.15) is 6.54 Å². The average Bonchev–Trinajstić information content (AvgIpc) is 3.10. The standard InChI is InChI=1S/C22H23N3O2/c1-3-23-11-10-17-14-18(6-9-20(17)23)22(27)24-12-13-25(21(26)15-24)19-7-4-16(2)5-8-19/h4-11,14H,3,12-13,15H2,1-2H3. The largest absolute Gasteiger partial charge is 0.348 e. The maximum absolute atomic E-state index is 12.9. The zero-order chi connectivity index (χ0) is 19.0. The van der Waals surface area contributed by atoms with Gasteiger partial charge in [-0.25, -0.2) is 0 Å². The molecule has 1 aliphatic heterocycles. The van der Waals surface area contributed by atoms with Crippen molar-refractivity contribution < 1.29 is 9.59 Å². The summed E-state index contributed by atoms with van der Waals surface area (Å²) in [5.41, 5.74) is 3.80. The van der Waals surface area contributed by atoms with Crippen LogP contribution >= 0.6 is 0 Å². The number of hydrogen-bond donors (Lipinski definition) is 0. The zero-order valence-corrected chi connectivity index (χ0v) is 15.7. The van der Waals surface area contributed by atoms with Crippen molar-refractivity contribution in [3.05, 3.63) is 65.9 Å². The molecule has 3 aromatic rings. The van der Waals surface area contributed by atoms with Crippen LogP contribution in [0.4, 0.5) is 5.69 Å². The number of carbonyl (C=O) groups is 2. The zero-order valence-electron chi connectivity index (χ0n) is 15.7. The number of amides is 2. The van der Waals surface area contributed by atoms with Gasteiger partial charge in [0.15, 0.2) is 0 Å². The quantitative estimate of drug-likeness (QED) is 0.717. The fourth-order valence-corrected chi connectivity index (χ4v) is 3.64. The van der Waals surface area contributed by atoms with Gasteiger partial charge in [-0.2, -0.15) is 0 Å². The lowest BCUT2D eigenvalue weighted by atomic mass is 10.1. The van der Waals surface area contributed by atoms with Gasteiger partial charge in [0, 0.05) is 48.0 Å². The SMILES string of the molecule is CCn1ccc2cc(C(=O)N3CCN(c4ccc(C)cc4)C(=O)C3)ccc21. The molecule has 0 radical (unpaired) electrons. The number of anilines is 1. The summed E-state index contributed by atoms with van der Waals surface area (Å²) in [6, 6.07) is 15.7. The smallest absolute Gasteiger partial charge is 0.254 e. The number of aryl methyl sites for hydroxylation is 2. The molecule has 2 aromatic carbocycles. The van der Waals surface area contributed by atoms with Crippen molar-refractivity contribution in [3.63, 3.8) is 0 Å². The van der Waals surface area contributed by atoms with Crippen molar-refractivity contribution in [1.82, 2.24) is 9.47 Å². The summed E-state index contributed by atoms with van der Waals surface area (Å²) in [6.07, 6.45) is 2.03. The van der Waals surface area contributed by atoms with Crippen LogP contribution in [0.1, 0.15) is 22.8 Å². The molecule has 1 fully saturated rings. The highest BCUT2D eigenvalue weighted by molar-refractivity contribution is 6.03. The van der Waals surface area contributed by atoms with Gasteiger partial charge in [0.25, 0.3) is 5.91 Å². The number of piperazine rings is 1. The molecule has 2 amide bonds. The predicted molar refractivity (Wildman–Crippen MR) is 107 cm³/mol. The summed E-state index contributed by atoms with van der Waals surface area (Å²) in [6.45, 7) is 6.17. The van der Waals surface area contributed by atoms with Crippen LogP contribution in [0.5, 0.6) is 0 Å². The Morgan fingerprint density at radius 1 is 1.04 bits per heavy atom. The van der Waals surface area contributed by atoms with E-state index in [4.69, 9.17) is 0 Å². The lowest BCUT2D eigenvalue weighted by Gasteiger charge is -2.34. The Bertz CT molecular complexity index is 1000. The number of hydrogen-bond acceptors (Lipinski definition) is 2. The molecular formula is C22H23N3O2. The highest BCUT2D eigenvalue weighted by Crippen LogP contribution is 2.21. The monoisotopic (exact) mass is 361 g/mol. The summed E-state index contributed by atoms with van der Waals surface area (Å²) in [7, 11) is 0. The molecule has 0 atom stereocenters. The van der Waals surface area contributed by atoms with E-state index in [-0.39, 0.29) is 18.4 Å². The van der Waals surface area contributed by atoms with E-state index in [1.54, 1.807) is 9.80 Å². The first-order valence-electron chi connectivity index (χ1n) is 9.32. The fourth-order valence-electron chi connectivity index (χ4n) is 3.64. The lowest BCUT2D eigenvalue weighted by Crippen LogP contribution is -2.52. The molecule has 1 aliphatic rings. The van der Waals surface area contributed by atoms with Crippen molar-refractivity contribution in [1.29, 1.82) is 0 Å². The van der Waals surface area contributed by atoms with Crippen molar-refractivity contribution >= 4 is 28.4 Å². The molecule has 0 bridgehead atoms. The van der Waals surface area contributed by atoms with Gasteiger partial charge in [0.2, 0.25) is 5.91 Å². The van der Waals surface area contributed by atoms with Gasteiger partial charge in [-0.05, 0) is 50.2 Å². The number of carbonyl (C=O) groups excluding carboxylic acids is 2. The number of rotatable bonds is 3. The van der Waals surface area contributed by atoms with Crippen LogP contribution in [0.2, 0.25) is 0 Å². The third-order valence-electron chi connectivity index (χ3n) is 5.21. The molecular weight excluding hydrogens is 338 g/mol. The van der Waals surface area contributed by atoms with Crippen molar-refractivity contribution in [2.24, 2.45) is 0 Å². The van der Waals surface area contributed by atoms with E-state index >= 15 is 0 Å². The normalized spacial score (nSPS) is 14.8. The molecule has 2 heterocycles. The van der Waals surface area contributed by atoms with E-state index in [0.29, 0.717) is 18.7 Å². The first-order valence-corrected chi connectivity index (χ1v) is 9.32. The van der Waals surface area contributed by atoms with E-state index < -0.39 is 0 Å². The minimum atomic E-state index is -0.0851. The van der Waals surface area contributed by atoms with E-state index in [1.807, 2.05) is 61.7 Å². The van der Waals surface area contributed by atoms with E-state index in [2.05, 4.69) is 11.5 Å². The first kappa shape index (κ1) is 17.3. The molecule has 1 saturated heterocycles. The third-order valence-corrected chi connectivity index (χ3v) is 5.21. The summed E-state index contributed by atoms with van der Waals surface area (Å²) in [5.74, 6) is -0.130. The molecule has 0 spiro atoms. The Labute approximate surface area is 158 Å². The molecule has 0 N–H and O–H groups in total. The average molecular weight is 361 g/mol. The minimum absolute atomic E-state index is 0.0448. The highest BCUT2D eigenvalue weighted by atomic mass is 16.2. The van der Waals surface area contributed by atoms with Gasteiger partial charge >= 0.3 is 0 Å². The van der Waals surface area contributed by atoms with Crippen molar-refractivity contribution in [2.75, 3.05) is 24.5 Å². The predicted octanol–water partition coefficient (Wildman–Crippen LogP) is 3.46. The molecule has 27 heavy (non-hydrogen) atoms. The Kier molecular flexibility index (Phi) is 4.44. The number of aromatic nitrogens is 1. The molecule has 5 nitrogen and oxygen atoms in total. The number of benzene rings is 2. The van der Waals surface area contributed by atoms with Gasteiger partial charge in [-0.3, -0.25) is 9.59 Å². The Morgan fingerprint density at radius 3 is 2.52 bits per heavy atom. The highest BCUT2D eigenvalue weighted by Gasteiger charge is 2.28. The van der Waals surface area contributed by atoms with Crippen LogP contribution in [0.25, 0.3) is 10.9 Å². The van der Waals surface area contributed by atoms with Gasteiger partial charge < -0.3 is 14.4 Å². The molecule has 0 saturated carbocycles. The van der Waals surface area contributed by atoms with Crippen molar-refractivity contribution in [3.8, 4) is 0 Å². The van der Waals surface area contributed by atoms with Crippen LogP contribution in [0.15, 0.2) is 54.7 Å². The second-order valence-electron chi connectivity index (χ2n) is 6.98. The summed E-state index contributed by atoms with van der Waals surface area (Å²) in [4.78, 5) is 28.9. The third kappa shape index (κ3) is 3.21. The molecule has 5 heteroatoms. The lowest BCUT2D eigenvalue weighted by molar-refractivity contribution is -0.120. The van der Waals surface area contributed by atoms with Crippen LogP contribution < -0.4 is 4.90 Å². The maximum atomic E-state index is 12.9. The Hall–Kier alpha value is -3.08. The second-order valence-corrected chi connectivity index (χ2v) is 6.98. The summed E-state index contributed by atoms with van der Waals surface area (Å²) >= 11 is 0. The molecule has 0 aliphatic carbocycles.